The largest absolute Gasteiger partial charge is 0.756 e. The molecule has 0 spiro atoms. The number of quaternary nitrogens is 1. The van der Waals surface area contributed by atoms with Crippen LogP contribution in [0.25, 0.3) is 0 Å². The summed E-state index contributed by atoms with van der Waals surface area (Å²) in [6.07, 6.45) is 64.1. The molecule has 10 heteroatoms. The summed E-state index contributed by atoms with van der Waals surface area (Å²) in [5.74, 6) is -0.813. The minimum atomic E-state index is -4.63. The second kappa shape index (κ2) is 54.5. The van der Waals surface area contributed by atoms with E-state index in [0.29, 0.717) is 17.4 Å². The van der Waals surface area contributed by atoms with Gasteiger partial charge in [-0.1, -0.05) is 283 Å². The Kier molecular flexibility index (Phi) is 53.6. The van der Waals surface area contributed by atoms with Crippen LogP contribution in [0.4, 0.5) is 0 Å². The first kappa shape index (κ1) is 70.8. The van der Waals surface area contributed by atoms with Crippen LogP contribution in [0.3, 0.4) is 0 Å². The summed E-state index contributed by atoms with van der Waals surface area (Å²) in [7, 11) is 1.19. The minimum Gasteiger partial charge on any atom is -0.756 e. The molecular formula is C62H122NO8P. The van der Waals surface area contributed by atoms with Gasteiger partial charge in [0.2, 0.25) is 0 Å². The third kappa shape index (κ3) is 58.0. The lowest BCUT2D eigenvalue weighted by Crippen LogP contribution is -2.37. The van der Waals surface area contributed by atoms with Crippen LogP contribution in [0.15, 0.2) is 12.2 Å². The van der Waals surface area contributed by atoms with Gasteiger partial charge < -0.3 is 27.9 Å². The molecule has 428 valence electrons. The quantitative estimate of drug-likeness (QED) is 0.0195. The number of rotatable bonds is 59. The second-order valence-corrected chi connectivity index (χ2v) is 24.2. The van der Waals surface area contributed by atoms with Crippen LogP contribution in [0.1, 0.15) is 322 Å². The van der Waals surface area contributed by atoms with Crippen molar-refractivity contribution in [3.8, 4) is 0 Å². The number of hydrogen-bond donors (Lipinski definition) is 0. The first-order valence-corrected chi connectivity index (χ1v) is 32.9. The zero-order valence-corrected chi connectivity index (χ0v) is 49.6. The summed E-state index contributed by atoms with van der Waals surface area (Å²) in [4.78, 5) is 37.9. The van der Waals surface area contributed by atoms with Gasteiger partial charge in [0.25, 0.3) is 7.82 Å². The number of likely N-dealkylation sites (N-methyl/N-ethyl adjacent to an activating group) is 1. The molecule has 0 saturated carbocycles. The second-order valence-electron chi connectivity index (χ2n) is 22.8. The van der Waals surface area contributed by atoms with Crippen LogP contribution >= 0.6 is 7.82 Å². The van der Waals surface area contributed by atoms with Crippen molar-refractivity contribution < 1.29 is 42.1 Å². The highest BCUT2D eigenvalue weighted by molar-refractivity contribution is 7.45. The summed E-state index contributed by atoms with van der Waals surface area (Å²) >= 11 is 0. The molecule has 0 aliphatic carbocycles. The van der Waals surface area contributed by atoms with Gasteiger partial charge in [0.05, 0.1) is 27.7 Å². The number of nitrogens with zero attached hydrogens (tertiary/aromatic N) is 1. The molecule has 9 nitrogen and oxygen atoms in total. The van der Waals surface area contributed by atoms with Crippen molar-refractivity contribution in [2.75, 3.05) is 47.5 Å². The Hall–Kier alpha value is -1.25. The first-order valence-electron chi connectivity index (χ1n) is 31.4. The standard InChI is InChI=1S/C62H122NO8P/c1-6-8-10-12-14-16-18-20-22-24-26-28-30-31-33-34-36-38-40-42-44-46-48-50-52-54-61(64)68-58-60(59-70-72(66,67)69-57-56-63(3,4)5)71-62(65)55-53-51-49-47-45-43-41-39-37-35-32-29-27-25-23-21-19-17-15-13-11-9-7-2/h25,27,60H,6-24,26,28-59H2,1-5H3/b27-25-. The Morgan fingerprint density at radius 3 is 1.03 bits per heavy atom. The molecule has 0 saturated heterocycles. The lowest BCUT2D eigenvalue weighted by Gasteiger charge is -2.28. The van der Waals surface area contributed by atoms with E-state index >= 15 is 0 Å². The van der Waals surface area contributed by atoms with E-state index in [1.165, 1.54) is 250 Å². The van der Waals surface area contributed by atoms with Gasteiger partial charge in [-0.2, -0.15) is 0 Å². The summed E-state index contributed by atoms with van der Waals surface area (Å²) in [6, 6.07) is 0. The van der Waals surface area contributed by atoms with Crippen molar-refractivity contribution in [3.05, 3.63) is 12.2 Å². The van der Waals surface area contributed by atoms with Gasteiger partial charge >= 0.3 is 11.9 Å². The molecule has 0 aromatic rings. The third-order valence-electron chi connectivity index (χ3n) is 14.3. The fraction of sp³-hybridized carbons (Fsp3) is 0.935. The smallest absolute Gasteiger partial charge is 0.306 e. The molecule has 0 aromatic heterocycles. The van der Waals surface area contributed by atoms with Crippen molar-refractivity contribution in [2.45, 2.75) is 328 Å². The first-order chi connectivity index (χ1) is 35.0. The van der Waals surface area contributed by atoms with Crippen LogP contribution < -0.4 is 4.89 Å². The average Bonchev–Trinajstić information content (AvgIpc) is 3.34. The summed E-state index contributed by atoms with van der Waals surface area (Å²) in [6.45, 7) is 4.31. The lowest BCUT2D eigenvalue weighted by atomic mass is 10.0. The molecule has 2 atom stereocenters. The number of unbranched alkanes of at least 4 members (excludes halogenated alkanes) is 43. The predicted octanol–water partition coefficient (Wildman–Crippen LogP) is 19.0. The Balaban J connectivity index is 4.07. The van der Waals surface area contributed by atoms with Crippen LogP contribution in [-0.2, 0) is 32.7 Å². The van der Waals surface area contributed by atoms with E-state index in [1.807, 2.05) is 21.1 Å². The minimum absolute atomic E-state index is 0.0269. The zero-order chi connectivity index (χ0) is 52.7. The van der Waals surface area contributed by atoms with Crippen molar-refractivity contribution >= 4 is 19.8 Å². The molecule has 0 aliphatic rings. The Morgan fingerprint density at radius 2 is 0.708 bits per heavy atom. The van der Waals surface area contributed by atoms with Crippen LogP contribution in [0.2, 0.25) is 0 Å². The molecule has 0 N–H and O–H groups in total. The molecule has 0 amide bonds. The molecule has 0 heterocycles. The van der Waals surface area contributed by atoms with E-state index in [1.54, 1.807) is 0 Å². The van der Waals surface area contributed by atoms with Crippen molar-refractivity contribution in [2.24, 2.45) is 0 Å². The van der Waals surface area contributed by atoms with Crippen LogP contribution in [-0.4, -0.2) is 70.0 Å². The van der Waals surface area contributed by atoms with E-state index in [-0.39, 0.29) is 32.0 Å². The lowest BCUT2D eigenvalue weighted by molar-refractivity contribution is -0.870. The Morgan fingerprint density at radius 1 is 0.417 bits per heavy atom. The molecule has 0 fully saturated rings. The molecule has 72 heavy (non-hydrogen) atoms. The number of carbonyl (C=O) groups is 2. The molecule has 0 aliphatic heterocycles. The third-order valence-corrected chi connectivity index (χ3v) is 15.2. The number of hydrogen-bond acceptors (Lipinski definition) is 8. The number of phosphoric ester groups is 1. The summed E-state index contributed by atoms with van der Waals surface area (Å²) in [5, 5.41) is 0. The normalized spacial score (nSPS) is 13.2. The maximum Gasteiger partial charge on any atom is 0.306 e. The van der Waals surface area contributed by atoms with Gasteiger partial charge in [0.1, 0.15) is 19.8 Å². The molecule has 0 aromatic carbocycles. The molecular weight excluding hydrogens is 918 g/mol. The monoisotopic (exact) mass is 1040 g/mol. The predicted molar refractivity (Wildman–Crippen MR) is 305 cm³/mol. The number of ether oxygens (including phenoxy) is 2. The molecule has 0 bridgehead atoms. The van der Waals surface area contributed by atoms with E-state index in [9.17, 15) is 19.0 Å². The van der Waals surface area contributed by atoms with E-state index < -0.39 is 26.5 Å². The molecule has 0 radical (unpaired) electrons. The molecule has 2 unspecified atom stereocenters. The van der Waals surface area contributed by atoms with Crippen molar-refractivity contribution in [3.63, 3.8) is 0 Å². The van der Waals surface area contributed by atoms with Gasteiger partial charge in [0, 0.05) is 12.8 Å². The Bertz CT molecular complexity index is 1220. The highest BCUT2D eigenvalue weighted by Gasteiger charge is 2.22. The van der Waals surface area contributed by atoms with E-state index in [2.05, 4.69) is 26.0 Å². The number of esters is 2. The van der Waals surface area contributed by atoms with E-state index in [4.69, 9.17) is 18.5 Å². The fourth-order valence-electron chi connectivity index (χ4n) is 9.42. The SMILES string of the molecule is CCCCCCCCCC/C=C\CCCCCCCCCCCCCC(=O)OC(COC(=O)CCCCCCCCCCCCCCCCCCCCCCCCCCC)COP(=O)([O-])OCC[N+](C)(C)C. The Labute approximate surface area is 447 Å². The summed E-state index contributed by atoms with van der Waals surface area (Å²) in [5.41, 5.74) is 0. The fourth-order valence-corrected chi connectivity index (χ4v) is 10.1. The molecule has 0 rings (SSSR count). The van der Waals surface area contributed by atoms with Gasteiger partial charge in [0.15, 0.2) is 6.10 Å². The van der Waals surface area contributed by atoms with Gasteiger partial charge in [-0.05, 0) is 38.5 Å². The van der Waals surface area contributed by atoms with Crippen LogP contribution in [0.5, 0.6) is 0 Å². The van der Waals surface area contributed by atoms with Crippen molar-refractivity contribution in [1.82, 2.24) is 0 Å². The van der Waals surface area contributed by atoms with Gasteiger partial charge in [-0.25, -0.2) is 0 Å². The topological polar surface area (TPSA) is 111 Å². The maximum absolute atomic E-state index is 12.8. The maximum atomic E-state index is 12.8. The van der Waals surface area contributed by atoms with Crippen molar-refractivity contribution in [1.29, 1.82) is 0 Å². The zero-order valence-electron chi connectivity index (χ0n) is 48.7. The van der Waals surface area contributed by atoms with Crippen LogP contribution in [0, 0.1) is 0 Å². The highest BCUT2D eigenvalue weighted by Crippen LogP contribution is 2.38. The average molecular weight is 1040 g/mol. The highest BCUT2D eigenvalue weighted by atomic mass is 31.2. The van der Waals surface area contributed by atoms with Gasteiger partial charge in [-0.3, -0.25) is 14.2 Å². The summed E-state index contributed by atoms with van der Waals surface area (Å²) < 4.78 is 34.2. The van der Waals surface area contributed by atoms with E-state index in [0.717, 1.165) is 38.5 Å². The number of phosphoric acid groups is 1. The number of carbonyl (C=O) groups excluding carboxylic acids is 2. The number of allylic oxidation sites excluding steroid dienone is 2. The van der Waals surface area contributed by atoms with Gasteiger partial charge in [-0.15, -0.1) is 0 Å².